The minimum atomic E-state index is 0.138. The molecule has 18 heavy (non-hydrogen) atoms. The van der Waals surface area contributed by atoms with Gasteiger partial charge in [-0.15, -0.1) is 0 Å². The van der Waals surface area contributed by atoms with Crippen LogP contribution in [-0.4, -0.2) is 68.3 Å². The second-order valence-corrected chi connectivity index (χ2v) is 5.98. The number of nitrogens with one attached hydrogen (secondary N) is 1. The zero-order valence-corrected chi connectivity index (χ0v) is 11.1. The summed E-state index contributed by atoms with van der Waals surface area (Å²) in [6.45, 7) is 5.72. The zero-order chi connectivity index (χ0) is 12.5. The van der Waals surface area contributed by atoms with Crippen LogP contribution in [0, 0.1) is 11.8 Å². The maximum absolute atomic E-state index is 12.2. The van der Waals surface area contributed by atoms with E-state index in [9.17, 15) is 4.79 Å². The Kier molecular flexibility index (Phi) is 3.43. The van der Waals surface area contributed by atoms with Gasteiger partial charge in [-0.25, -0.2) is 4.79 Å². The van der Waals surface area contributed by atoms with Crippen LogP contribution in [0.5, 0.6) is 0 Å². The maximum Gasteiger partial charge on any atom is 0.317 e. The third-order valence-electron chi connectivity index (χ3n) is 4.50. The van der Waals surface area contributed by atoms with E-state index >= 15 is 0 Å². The first-order valence-electron chi connectivity index (χ1n) is 7.04. The highest BCUT2D eigenvalue weighted by atomic mass is 16.5. The van der Waals surface area contributed by atoms with Crippen LogP contribution in [0.25, 0.3) is 0 Å². The molecule has 0 spiro atoms. The predicted octanol–water partition coefficient (Wildman–Crippen LogP) is 0.368. The lowest BCUT2D eigenvalue weighted by Gasteiger charge is -2.27. The number of rotatable bonds is 1. The van der Waals surface area contributed by atoms with Gasteiger partial charge in [0, 0.05) is 45.4 Å². The van der Waals surface area contributed by atoms with Crippen LogP contribution in [0.2, 0.25) is 0 Å². The van der Waals surface area contributed by atoms with Crippen molar-refractivity contribution in [3.63, 3.8) is 0 Å². The van der Waals surface area contributed by atoms with Gasteiger partial charge in [-0.3, -0.25) is 0 Å². The number of fused-ring (bicyclic) bond motifs is 1. The number of nitrogens with zero attached hydrogens (tertiary/aromatic N) is 2. The minimum Gasteiger partial charge on any atom is -0.381 e. The van der Waals surface area contributed by atoms with Crippen molar-refractivity contribution in [1.82, 2.24) is 15.1 Å². The molecule has 0 aromatic heterocycles. The molecule has 3 saturated heterocycles. The van der Waals surface area contributed by atoms with Gasteiger partial charge in [-0.1, -0.05) is 0 Å². The summed E-state index contributed by atoms with van der Waals surface area (Å²) in [6.07, 6.45) is 1.91. The number of urea groups is 1. The summed E-state index contributed by atoms with van der Waals surface area (Å²) in [5, 5.41) is 3.15. The maximum atomic E-state index is 12.2. The fraction of sp³-hybridized carbons (Fsp3) is 0.923. The standard InChI is InChI=1S/C13H23N3O2/c1-15-6-10-8-16(9-11(10)7-15)13(17)14-12-2-4-18-5-3-12/h10-12H,2-9H2,1H3,(H,14,17). The van der Waals surface area contributed by atoms with Crippen molar-refractivity contribution in [2.45, 2.75) is 18.9 Å². The van der Waals surface area contributed by atoms with Crippen molar-refractivity contribution in [3.05, 3.63) is 0 Å². The molecule has 5 nitrogen and oxygen atoms in total. The first-order chi connectivity index (χ1) is 8.72. The van der Waals surface area contributed by atoms with Crippen LogP contribution in [-0.2, 0) is 4.74 Å². The summed E-state index contributed by atoms with van der Waals surface area (Å²) in [7, 11) is 2.17. The largest absolute Gasteiger partial charge is 0.381 e. The highest BCUT2D eigenvalue weighted by molar-refractivity contribution is 5.75. The van der Waals surface area contributed by atoms with Crippen LogP contribution < -0.4 is 5.32 Å². The second-order valence-electron chi connectivity index (χ2n) is 5.98. The fourth-order valence-corrected chi connectivity index (χ4v) is 3.50. The lowest BCUT2D eigenvalue weighted by Crippen LogP contribution is -2.46. The van der Waals surface area contributed by atoms with Gasteiger partial charge >= 0.3 is 6.03 Å². The highest BCUT2D eigenvalue weighted by Gasteiger charge is 2.40. The molecule has 2 unspecified atom stereocenters. The molecular formula is C13H23N3O2. The average molecular weight is 253 g/mol. The molecule has 5 heteroatoms. The Morgan fingerprint density at radius 1 is 1.11 bits per heavy atom. The Morgan fingerprint density at radius 3 is 2.33 bits per heavy atom. The summed E-state index contributed by atoms with van der Waals surface area (Å²) in [5.74, 6) is 1.38. The molecule has 0 bridgehead atoms. The molecule has 0 aliphatic carbocycles. The van der Waals surface area contributed by atoms with E-state index < -0.39 is 0 Å². The van der Waals surface area contributed by atoms with E-state index in [0.29, 0.717) is 17.9 Å². The smallest absolute Gasteiger partial charge is 0.317 e. The number of amides is 2. The third-order valence-corrected chi connectivity index (χ3v) is 4.50. The zero-order valence-electron chi connectivity index (χ0n) is 11.1. The number of hydrogen-bond acceptors (Lipinski definition) is 3. The average Bonchev–Trinajstić information content (AvgIpc) is 2.87. The predicted molar refractivity (Wildman–Crippen MR) is 68.4 cm³/mol. The molecule has 0 aromatic rings. The molecule has 3 rings (SSSR count). The molecular weight excluding hydrogens is 230 g/mol. The van der Waals surface area contributed by atoms with E-state index in [2.05, 4.69) is 17.3 Å². The lowest BCUT2D eigenvalue weighted by atomic mass is 10.0. The van der Waals surface area contributed by atoms with Crippen LogP contribution >= 0.6 is 0 Å². The molecule has 102 valence electrons. The summed E-state index contributed by atoms with van der Waals surface area (Å²) >= 11 is 0. The molecule has 3 heterocycles. The van der Waals surface area contributed by atoms with Gasteiger partial charge in [0.15, 0.2) is 0 Å². The van der Waals surface area contributed by atoms with E-state index in [0.717, 1.165) is 52.2 Å². The van der Waals surface area contributed by atoms with Gasteiger partial charge in [0.1, 0.15) is 0 Å². The normalized spacial score (nSPS) is 33.7. The van der Waals surface area contributed by atoms with Crippen molar-refractivity contribution >= 4 is 6.03 Å². The van der Waals surface area contributed by atoms with Crippen molar-refractivity contribution < 1.29 is 9.53 Å². The molecule has 3 aliphatic heterocycles. The van der Waals surface area contributed by atoms with E-state index in [1.54, 1.807) is 0 Å². The van der Waals surface area contributed by atoms with Gasteiger partial charge in [0.2, 0.25) is 0 Å². The molecule has 2 amide bonds. The lowest BCUT2D eigenvalue weighted by molar-refractivity contribution is 0.0783. The van der Waals surface area contributed by atoms with E-state index in [-0.39, 0.29) is 6.03 Å². The topological polar surface area (TPSA) is 44.8 Å². The monoisotopic (exact) mass is 253 g/mol. The molecule has 0 radical (unpaired) electrons. The third kappa shape index (κ3) is 2.47. The number of carbonyl (C=O) groups excluding carboxylic acids is 1. The van der Waals surface area contributed by atoms with Gasteiger partial charge in [-0.2, -0.15) is 0 Å². The van der Waals surface area contributed by atoms with Crippen LogP contribution in [0.1, 0.15) is 12.8 Å². The van der Waals surface area contributed by atoms with Crippen molar-refractivity contribution in [2.75, 3.05) is 46.4 Å². The molecule has 0 aromatic carbocycles. The quantitative estimate of drug-likeness (QED) is 0.734. The SMILES string of the molecule is CN1CC2CN(C(=O)NC3CCOCC3)CC2C1. The molecule has 1 N–H and O–H groups in total. The Morgan fingerprint density at radius 2 is 1.72 bits per heavy atom. The summed E-state index contributed by atoms with van der Waals surface area (Å²) in [5.41, 5.74) is 0. The molecule has 0 saturated carbocycles. The number of carbonyl (C=O) groups is 1. The first kappa shape index (κ1) is 12.2. The van der Waals surface area contributed by atoms with Gasteiger partial charge < -0.3 is 19.9 Å². The summed E-state index contributed by atoms with van der Waals surface area (Å²) < 4.78 is 5.31. The summed E-state index contributed by atoms with van der Waals surface area (Å²) in [6, 6.07) is 0.452. The Bertz CT molecular complexity index is 303. The fourth-order valence-electron chi connectivity index (χ4n) is 3.50. The van der Waals surface area contributed by atoms with Crippen LogP contribution in [0.3, 0.4) is 0 Å². The molecule has 3 aliphatic rings. The van der Waals surface area contributed by atoms with Crippen LogP contribution in [0.4, 0.5) is 4.79 Å². The van der Waals surface area contributed by atoms with E-state index in [1.807, 2.05) is 4.90 Å². The van der Waals surface area contributed by atoms with Crippen molar-refractivity contribution in [3.8, 4) is 0 Å². The van der Waals surface area contributed by atoms with Crippen molar-refractivity contribution in [2.24, 2.45) is 11.8 Å². The Hall–Kier alpha value is -0.810. The Balaban J connectivity index is 1.49. The number of ether oxygens (including phenoxy) is 1. The van der Waals surface area contributed by atoms with Crippen molar-refractivity contribution in [1.29, 1.82) is 0 Å². The highest BCUT2D eigenvalue weighted by Crippen LogP contribution is 2.30. The summed E-state index contributed by atoms with van der Waals surface area (Å²) in [4.78, 5) is 16.6. The van der Waals surface area contributed by atoms with Crippen LogP contribution in [0.15, 0.2) is 0 Å². The molecule has 2 atom stereocenters. The second kappa shape index (κ2) is 5.05. The van der Waals surface area contributed by atoms with E-state index in [1.165, 1.54) is 0 Å². The van der Waals surface area contributed by atoms with Gasteiger partial charge in [0.05, 0.1) is 0 Å². The number of likely N-dealkylation sites (tertiary alicyclic amines) is 2. The van der Waals surface area contributed by atoms with E-state index in [4.69, 9.17) is 4.74 Å². The molecule has 3 fully saturated rings. The minimum absolute atomic E-state index is 0.138. The first-order valence-corrected chi connectivity index (χ1v) is 7.04. The van der Waals surface area contributed by atoms with Gasteiger partial charge in [-0.05, 0) is 31.7 Å². The number of hydrogen-bond donors (Lipinski definition) is 1. The van der Waals surface area contributed by atoms with Gasteiger partial charge in [0.25, 0.3) is 0 Å². The Labute approximate surface area is 108 Å².